The standard InChI is InChI=1S/C28H34FN5O2/c1-18(35)33-8-6-19(7-9-33)16-34-17-24(15-31-34)21-2-3-22(26(29)13-21)10-20(14-30)11-27(36)28-23-4-5-25(12-23)32-28/h2-3,13,15,17,19-20,23,25,28,32H,4-12,16H2,1H3/t20-,23+,25-,28+/m1/s1. The second-order valence-corrected chi connectivity index (χ2v) is 10.8. The number of nitrogens with zero attached hydrogens (tertiary/aromatic N) is 4. The first-order chi connectivity index (χ1) is 17.4. The predicted octanol–water partition coefficient (Wildman–Crippen LogP) is 3.73. The Labute approximate surface area is 211 Å². The van der Waals surface area contributed by atoms with Crippen molar-refractivity contribution in [3.63, 3.8) is 0 Å². The van der Waals surface area contributed by atoms with Gasteiger partial charge in [-0.05, 0) is 67.6 Å². The Morgan fingerprint density at radius 2 is 2.03 bits per heavy atom. The van der Waals surface area contributed by atoms with E-state index in [1.807, 2.05) is 21.8 Å². The van der Waals surface area contributed by atoms with Crippen molar-refractivity contribution in [3.8, 4) is 17.2 Å². The molecule has 2 saturated heterocycles. The molecule has 0 unspecified atom stereocenters. The normalized spacial score (nSPS) is 24.6. The first-order valence-corrected chi connectivity index (χ1v) is 13.1. The molecule has 0 spiro atoms. The van der Waals surface area contributed by atoms with Crippen molar-refractivity contribution in [3.05, 3.63) is 42.0 Å². The molecule has 4 atom stereocenters. The lowest BCUT2D eigenvalue weighted by Crippen LogP contribution is -2.42. The molecule has 8 heteroatoms. The number of carbonyl (C=O) groups excluding carboxylic acids is 2. The van der Waals surface area contributed by atoms with Gasteiger partial charge in [-0.3, -0.25) is 14.3 Å². The molecule has 1 aliphatic carbocycles. The van der Waals surface area contributed by atoms with Crippen LogP contribution in [0.4, 0.5) is 4.39 Å². The third kappa shape index (κ3) is 5.36. The van der Waals surface area contributed by atoms with Crippen LogP contribution in [0.3, 0.4) is 0 Å². The maximum atomic E-state index is 15.0. The topological polar surface area (TPSA) is 91.0 Å². The van der Waals surface area contributed by atoms with Crippen LogP contribution in [0.25, 0.3) is 11.1 Å². The van der Waals surface area contributed by atoms with Gasteiger partial charge in [-0.15, -0.1) is 0 Å². The predicted molar refractivity (Wildman–Crippen MR) is 133 cm³/mol. The highest BCUT2D eigenvalue weighted by atomic mass is 19.1. The number of Topliss-reactive ketones (excluding diaryl/α,β-unsaturated/α-hetero) is 1. The van der Waals surface area contributed by atoms with Gasteiger partial charge in [0.05, 0.1) is 24.2 Å². The molecule has 1 amide bonds. The highest BCUT2D eigenvalue weighted by Gasteiger charge is 2.42. The monoisotopic (exact) mass is 491 g/mol. The molecule has 3 aliphatic rings. The molecule has 5 rings (SSSR count). The summed E-state index contributed by atoms with van der Waals surface area (Å²) in [6.07, 6.45) is 9.26. The first-order valence-electron chi connectivity index (χ1n) is 13.1. The molecule has 2 aromatic rings. The van der Waals surface area contributed by atoms with Crippen LogP contribution < -0.4 is 5.32 Å². The zero-order chi connectivity index (χ0) is 25.2. The molecule has 3 heterocycles. The second-order valence-electron chi connectivity index (χ2n) is 10.8. The van der Waals surface area contributed by atoms with E-state index >= 15 is 4.39 Å². The summed E-state index contributed by atoms with van der Waals surface area (Å²) in [5.41, 5.74) is 2.05. The number of nitriles is 1. The number of fused-ring (bicyclic) bond motifs is 2. The van der Waals surface area contributed by atoms with Gasteiger partial charge in [0, 0.05) is 50.8 Å². The smallest absolute Gasteiger partial charge is 0.219 e. The largest absolute Gasteiger partial charge is 0.343 e. The number of hydrogen-bond acceptors (Lipinski definition) is 5. The van der Waals surface area contributed by atoms with Crippen LogP contribution in [0, 0.1) is 34.9 Å². The fraction of sp³-hybridized carbons (Fsp3) is 0.571. The highest BCUT2D eigenvalue weighted by molar-refractivity contribution is 5.85. The Morgan fingerprint density at radius 1 is 1.22 bits per heavy atom. The molecular weight excluding hydrogens is 457 g/mol. The van der Waals surface area contributed by atoms with E-state index in [0.29, 0.717) is 23.4 Å². The average molecular weight is 492 g/mol. The zero-order valence-electron chi connectivity index (χ0n) is 20.8. The minimum absolute atomic E-state index is 0.0881. The van der Waals surface area contributed by atoms with Crippen LogP contribution >= 0.6 is 0 Å². The lowest BCUT2D eigenvalue weighted by Gasteiger charge is -2.31. The summed E-state index contributed by atoms with van der Waals surface area (Å²) in [5.74, 6) is 0.189. The lowest BCUT2D eigenvalue weighted by atomic mass is 9.88. The summed E-state index contributed by atoms with van der Waals surface area (Å²) in [7, 11) is 0. The zero-order valence-corrected chi connectivity index (χ0v) is 20.8. The first kappa shape index (κ1) is 24.6. The molecule has 1 saturated carbocycles. The van der Waals surface area contributed by atoms with Crippen LogP contribution in [-0.4, -0.2) is 51.5 Å². The molecule has 0 radical (unpaired) electrons. The van der Waals surface area contributed by atoms with E-state index in [1.165, 1.54) is 6.07 Å². The Bertz CT molecular complexity index is 1160. The molecule has 2 bridgehead atoms. The van der Waals surface area contributed by atoms with E-state index in [-0.39, 0.29) is 36.4 Å². The molecule has 1 N–H and O–H groups in total. The van der Waals surface area contributed by atoms with Gasteiger partial charge in [-0.25, -0.2) is 4.39 Å². The maximum Gasteiger partial charge on any atom is 0.219 e. The van der Waals surface area contributed by atoms with Crippen LogP contribution in [0.5, 0.6) is 0 Å². The highest BCUT2D eigenvalue weighted by Crippen LogP contribution is 2.36. The van der Waals surface area contributed by atoms with Crippen molar-refractivity contribution in [2.75, 3.05) is 13.1 Å². The molecule has 2 aliphatic heterocycles. The number of aromatic nitrogens is 2. The number of amides is 1. The van der Waals surface area contributed by atoms with Crippen LogP contribution in [0.15, 0.2) is 30.6 Å². The molecule has 1 aromatic heterocycles. The maximum absolute atomic E-state index is 15.0. The van der Waals surface area contributed by atoms with Gasteiger partial charge < -0.3 is 10.2 Å². The number of benzene rings is 1. The third-order valence-corrected chi connectivity index (χ3v) is 8.33. The number of nitrogens with one attached hydrogen (secondary N) is 1. The Hall–Kier alpha value is -3.05. The van der Waals surface area contributed by atoms with Crippen molar-refractivity contribution < 1.29 is 14.0 Å². The number of carbonyl (C=O) groups is 2. The van der Waals surface area contributed by atoms with Crippen LogP contribution in [-0.2, 0) is 22.6 Å². The summed E-state index contributed by atoms with van der Waals surface area (Å²) in [6, 6.07) is 7.61. The molecular formula is C28H34FN5O2. The fourth-order valence-corrected chi connectivity index (χ4v) is 6.22. The number of likely N-dealkylation sites (tertiary alicyclic amines) is 1. The quantitative estimate of drug-likeness (QED) is 0.608. The molecule has 190 valence electrons. The summed E-state index contributed by atoms with van der Waals surface area (Å²) in [5, 5.41) is 17.5. The SMILES string of the molecule is CC(=O)N1CCC(Cn2cc(-c3ccc(C[C@@H](C#N)CC(=O)[C@H]4N[C@@H]5CC[C@H]4C5)c(F)c3)cn2)CC1. The van der Waals surface area contributed by atoms with Crippen molar-refractivity contribution in [1.29, 1.82) is 5.26 Å². The van der Waals surface area contributed by atoms with Gasteiger partial charge in [0.15, 0.2) is 5.78 Å². The third-order valence-electron chi connectivity index (χ3n) is 8.33. The Kier molecular flexibility index (Phi) is 7.20. The number of hydrogen-bond donors (Lipinski definition) is 1. The van der Waals surface area contributed by atoms with Crippen molar-refractivity contribution in [1.82, 2.24) is 20.0 Å². The molecule has 3 fully saturated rings. The molecule has 36 heavy (non-hydrogen) atoms. The summed E-state index contributed by atoms with van der Waals surface area (Å²) in [6.45, 7) is 3.96. The van der Waals surface area contributed by atoms with E-state index < -0.39 is 5.92 Å². The summed E-state index contributed by atoms with van der Waals surface area (Å²) >= 11 is 0. The van der Waals surface area contributed by atoms with Crippen molar-refractivity contribution >= 4 is 11.7 Å². The van der Waals surface area contributed by atoms with Crippen LogP contribution in [0.2, 0.25) is 0 Å². The van der Waals surface area contributed by atoms with E-state index in [2.05, 4.69) is 16.5 Å². The number of piperidine rings is 2. The minimum atomic E-state index is -0.532. The van der Waals surface area contributed by atoms with Gasteiger partial charge in [0.2, 0.25) is 5.91 Å². The number of rotatable bonds is 8. The van der Waals surface area contributed by atoms with Gasteiger partial charge in [-0.2, -0.15) is 10.4 Å². The van der Waals surface area contributed by atoms with E-state index in [9.17, 15) is 14.9 Å². The summed E-state index contributed by atoms with van der Waals surface area (Å²) < 4.78 is 16.9. The Balaban J connectivity index is 1.17. The molecule has 7 nitrogen and oxygen atoms in total. The van der Waals surface area contributed by atoms with Gasteiger partial charge in [0.1, 0.15) is 5.82 Å². The average Bonchev–Trinajstić information content (AvgIpc) is 3.63. The van der Waals surface area contributed by atoms with Crippen LogP contribution in [0.1, 0.15) is 51.0 Å². The number of ketones is 1. The van der Waals surface area contributed by atoms with E-state index in [0.717, 1.165) is 62.9 Å². The van der Waals surface area contributed by atoms with Gasteiger partial charge in [0.25, 0.3) is 0 Å². The summed E-state index contributed by atoms with van der Waals surface area (Å²) in [4.78, 5) is 26.2. The van der Waals surface area contributed by atoms with E-state index in [4.69, 9.17) is 0 Å². The number of halogens is 1. The second kappa shape index (κ2) is 10.5. The lowest BCUT2D eigenvalue weighted by molar-refractivity contribution is -0.130. The van der Waals surface area contributed by atoms with Crippen molar-refractivity contribution in [2.45, 2.75) is 70.5 Å². The minimum Gasteiger partial charge on any atom is -0.343 e. The molecule has 1 aromatic carbocycles. The fourth-order valence-electron chi connectivity index (χ4n) is 6.22. The van der Waals surface area contributed by atoms with Gasteiger partial charge in [-0.1, -0.05) is 12.1 Å². The van der Waals surface area contributed by atoms with Gasteiger partial charge >= 0.3 is 0 Å². The Morgan fingerprint density at radius 3 is 2.67 bits per heavy atom. The van der Waals surface area contributed by atoms with E-state index in [1.54, 1.807) is 19.2 Å². The van der Waals surface area contributed by atoms with Crippen molar-refractivity contribution in [2.24, 2.45) is 17.8 Å².